The number of carbonyl (C=O) groups excluding carboxylic acids is 3. The summed E-state index contributed by atoms with van der Waals surface area (Å²) < 4.78 is 0. The largest absolute Gasteiger partial charge is 0.481 e. The summed E-state index contributed by atoms with van der Waals surface area (Å²) in [4.78, 5) is 45.8. The number of carboxylic acids is 1. The Morgan fingerprint density at radius 1 is 1.04 bits per heavy atom. The second-order valence-electron chi connectivity index (χ2n) is 5.75. The van der Waals surface area contributed by atoms with Crippen molar-refractivity contribution in [1.29, 1.82) is 5.41 Å². The summed E-state index contributed by atoms with van der Waals surface area (Å²) >= 11 is 0. The molecule has 0 aromatic heterocycles. The molecular weight excluding hydrogens is 344 g/mol. The zero-order valence-corrected chi connectivity index (χ0v) is 15.1. The minimum absolute atomic E-state index is 0.0556. The van der Waals surface area contributed by atoms with E-state index in [2.05, 4.69) is 21.3 Å². The molecule has 0 spiro atoms. The van der Waals surface area contributed by atoms with Crippen molar-refractivity contribution in [3.05, 3.63) is 0 Å². The standard InChI is InChI=1S/C15H28N6O5/c1-9(13(25)18-7-4-6-12(23)24)20-14(26)11(21-10(2)22)5-3-8-19-15(16)17/h9,11H,3-8H2,1-2H3,(H,18,25)(H,20,26)(H,21,22)(H,23,24)(H4,16,17,19)/t9-,11-/m1/s1. The molecule has 0 unspecified atom stereocenters. The number of nitrogens with one attached hydrogen (secondary N) is 5. The first-order valence-corrected chi connectivity index (χ1v) is 8.28. The molecule has 0 saturated carbocycles. The van der Waals surface area contributed by atoms with Crippen LogP contribution in [-0.2, 0) is 19.2 Å². The second-order valence-corrected chi connectivity index (χ2v) is 5.75. The van der Waals surface area contributed by atoms with E-state index in [1.807, 2.05) is 0 Å². The summed E-state index contributed by atoms with van der Waals surface area (Å²) in [5, 5.41) is 25.7. The van der Waals surface area contributed by atoms with Crippen molar-refractivity contribution >= 4 is 29.7 Å². The smallest absolute Gasteiger partial charge is 0.303 e. The molecular formula is C15H28N6O5. The molecule has 0 aliphatic rings. The Morgan fingerprint density at radius 2 is 1.65 bits per heavy atom. The summed E-state index contributed by atoms with van der Waals surface area (Å²) in [7, 11) is 0. The molecule has 3 amide bonds. The molecule has 0 rings (SSSR count). The Balaban J connectivity index is 4.41. The van der Waals surface area contributed by atoms with E-state index in [1.165, 1.54) is 13.8 Å². The molecule has 0 aliphatic carbocycles. The van der Waals surface area contributed by atoms with Gasteiger partial charge < -0.3 is 32.1 Å². The number of carboxylic acid groups (broad SMARTS) is 1. The molecule has 0 aromatic carbocycles. The highest BCUT2D eigenvalue weighted by Crippen LogP contribution is 1.99. The third-order valence-electron chi connectivity index (χ3n) is 3.30. The summed E-state index contributed by atoms with van der Waals surface area (Å²) in [6.45, 7) is 3.34. The molecule has 8 N–H and O–H groups in total. The van der Waals surface area contributed by atoms with Crippen LogP contribution in [0.2, 0.25) is 0 Å². The van der Waals surface area contributed by atoms with Crippen molar-refractivity contribution < 1.29 is 24.3 Å². The third kappa shape index (κ3) is 11.6. The first-order valence-electron chi connectivity index (χ1n) is 8.28. The molecule has 148 valence electrons. The van der Waals surface area contributed by atoms with Crippen molar-refractivity contribution in [2.75, 3.05) is 13.1 Å². The zero-order chi connectivity index (χ0) is 20.1. The van der Waals surface area contributed by atoms with Crippen LogP contribution in [0.15, 0.2) is 0 Å². The van der Waals surface area contributed by atoms with Gasteiger partial charge in [-0.15, -0.1) is 0 Å². The van der Waals surface area contributed by atoms with E-state index >= 15 is 0 Å². The van der Waals surface area contributed by atoms with E-state index in [0.29, 0.717) is 25.8 Å². The molecule has 0 fully saturated rings. The molecule has 11 nitrogen and oxygen atoms in total. The van der Waals surface area contributed by atoms with Gasteiger partial charge in [-0.05, 0) is 26.2 Å². The summed E-state index contributed by atoms with van der Waals surface area (Å²) in [6.07, 6.45) is 1.02. The lowest BCUT2D eigenvalue weighted by atomic mass is 10.1. The maximum Gasteiger partial charge on any atom is 0.303 e. The zero-order valence-electron chi connectivity index (χ0n) is 15.1. The van der Waals surface area contributed by atoms with Gasteiger partial charge in [0.1, 0.15) is 12.1 Å². The molecule has 0 saturated heterocycles. The average molecular weight is 372 g/mol. The van der Waals surface area contributed by atoms with E-state index in [9.17, 15) is 19.2 Å². The summed E-state index contributed by atoms with van der Waals surface area (Å²) in [5.74, 6) is -2.45. The Labute approximate surface area is 152 Å². The molecule has 2 atom stereocenters. The maximum absolute atomic E-state index is 12.3. The number of hydrogen-bond acceptors (Lipinski definition) is 5. The van der Waals surface area contributed by atoms with E-state index in [-0.39, 0.29) is 24.8 Å². The molecule has 0 aromatic rings. The number of guanidine groups is 1. The van der Waals surface area contributed by atoms with Gasteiger partial charge in [0.05, 0.1) is 0 Å². The van der Waals surface area contributed by atoms with Gasteiger partial charge in [-0.25, -0.2) is 0 Å². The maximum atomic E-state index is 12.3. The van der Waals surface area contributed by atoms with Crippen molar-refractivity contribution in [3.8, 4) is 0 Å². The monoisotopic (exact) mass is 372 g/mol. The Morgan fingerprint density at radius 3 is 2.19 bits per heavy atom. The van der Waals surface area contributed by atoms with Crippen LogP contribution >= 0.6 is 0 Å². The van der Waals surface area contributed by atoms with Gasteiger partial charge in [-0.2, -0.15) is 0 Å². The summed E-state index contributed by atoms with van der Waals surface area (Å²) in [6, 6.07) is -1.65. The fourth-order valence-corrected chi connectivity index (χ4v) is 2.03. The van der Waals surface area contributed by atoms with Crippen molar-refractivity contribution in [2.24, 2.45) is 5.73 Å². The fourth-order valence-electron chi connectivity index (χ4n) is 2.03. The molecule has 0 heterocycles. The first kappa shape index (κ1) is 23.1. The predicted molar refractivity (Wildman–Crippen MR) is 94.2 cm³/mol. The topological polar surface area (TPSA) is 186 Å². The number of hydrogen-bond donors (Lipinski definition) is 7. The van der Waals surface area contributed by atoms with Crippen LogP contribution in [0.5, 0.6) is 0 Å². The van der Waals surface area contributed by atoms with Crippen molar-refractivity contribution in [2.45, 2.75) is 51.6 Å². The van der Waals surface area contributed by atoms with Gasteiger partial charge in [0.2, 0.25) is 17.7 Å². The third-order valence-corrected chi connectivity index (χ3v) is 3.30. The predicted octanol–water partition coefficient (Wildman–Crippen LogP) is -1.76. The lowest BCUT2D eigenvalue weighted by Crippen LogP contribution is -2.52. The molecule has 26 heavy (non-hydrogen) atoms. The minimum atomic E-state index is -0.946. The first-order chi connectivity index (χ1) is 12.1. The van der Waals surface area contributed by atoms with Crippen LogP contribution in [-0.4, -0.2) is 59.9 Å². The van der Waals surface area contributed by atoms with Crippen LogP contribution in [0.25, 0.3) is 0 Å². The molecule has 0 aliphatic heterocycles. The molecule has 11 heteroatoms. The van der Waals surface area contributed by atoms with Gasteiger partial charge in [-0.3, -0.25) is 24.6 Å². The van der Waals surface area contributed by atoms with E-state index < -0.39 is 29.9 Å². The van der Waals surface area contributed by atoms with Crippen molar-refractivity contribution in [1.82, 2.24) is 21.3 Å². The molecule has 0 radical (unpaired) electrons. The van der Waals surface area contributed by atoms with Crippen LogP contribution < -0.4 is 27.0 Å². The fraction of sp³-hybridized carbons (Fsp3) is 0.667. The molecule has 0 bridgehead atoms. The number of rotatable bonds is 12. The SMILES string of the molecule is CC(=O)N[C@H](CCCNC(=N)N)C(=O)N[C@H](C)C(=O)NCCCC(=O)O. The highest BCUT2D eigenvalue weighted by molar-refractivity contribution is 5.91. The highest BCUT2D eigenvalue weighted by atomic mass is 16.4. The van der Waals surface area contributed by atoms with Gasteiger partial charge in [0.25, 0.3) is 0 Å². The quantitative estimate of drug-likeness (QED) is 0.120. The van der Waals surface area contributed by atoms with Gasteiger partial charge in [0.15, 0.2) is 5.96 Å². The van der Waals surface area contributed by atoms with Crippen molar-refractivity contribution in [3.63, 3.8) is 0 Å². The summed E-state index contributed by atoms with van der Waals surface area (Å²) in [5.41, 5.74) is 5.16. The lowest BCUT2D eigenvalue weighted by Gasteiger charge is -2.20. The second kappa shape index (κ2) is 12.5. The van der Waals surface area contributed by atoms with Crippen LogP contribution in [0, 0.1) is 5.41 Å². The number of amides is 3. The van der Waals surface area contributed by atoms with Gasteiger partial charge in [0, 0.05) is 26.4 Å². The van der Waals surface area contributed by atoms with Gasteiger partial charge >= 0.3 is 5.97 Å². The van der Waals surface area contributed by atoms with Crippen LogP contribution in [0.3, 0.4) is 0 Å². The van der Waals surface area contributed by atoms with Gasteiger partial charge in [-0.1, -0.05) is 0 Å². The highest BCUT2D eigenvalue weighted by Gasteiger charge is 2.23. The van der Waals surface area contributed by atoms with Crippen LogP contribution in [0.1, 0.15) is 39.5 Å². The lowest BCUT2D eigenvalue weighted by molar-refractivity contribution is -0.137. The average Bonchev–Trinajstić information content (AvgIpc) is 2.53. The Hall–Kier alpha value is -2.85. The number of carbonyl (C=O) groups is 4. The number of aliphatic carboxylic acids is 1. The van der Waals surface area contributed by atoms with E-state index in [4.69, 9.17) is 16.2 Å². The van der Waals surface area contributed by atoms with Crippen LogP contribution in [0.4, 0.5) is 0 Å². The van der Waals surface area contributed by atoms with E-state index in [1.54, 1.807) is 0 Å². The van der Waals surface area contributed by atoms with E-state index in [0.717, 1.165) is 0 Å². The number of nitrogens with two attached hydrogens (primary N) is 1. The Bertz CT molecular complexity index is 525. The normalized spacial score (nSPS) is 12.4. The Kier molecular flexibility index (Phi) is 11.1. The minimum Gasteiger partial charge on any atom is -0.481 e.